The average Bonchev–Trinajstić information content (AvgIpc) is 3.18. The van der Waals surface area contributed by atoms with E-state index < -0.39 is 0 Å². The predicted molar refractivity (Wildman–Crippen MR) is 125 cm³/mol. The molecular weight excluding hydrogens is 463 g/mol. The Morgan fingerprint density at radius 2 is 2.04 bits per heavy atom. The molecule has 28 heavy (non-hydrogen) atoms. The van der Waals surface area contributed by atoms with Gasteiger partial charge in [0, 0.05) is 50.4 Å². The topological polar surface area (TPSA) is 49.8 Å². The Hall–Kier alpha value is -1.67. The lowest BCUT2D eigenvalue weighted by Crippen LogP contribution is -2.40. The van der Waals surface area contributed by atoms with Crippen LogP contribution in [0.4, 0.5) is 0 Å². The van der Waals surface area contributed by atoms with Crippen molar-refractivity contribution in [2.24, 2.45) is 10.9 Å². The lowest BCUT2D eigenvalue weighted by Gasteiger charge is -2.21. The number of rotatable bonds is 8. The van der Waals surface area contributed by atoms with Crippen molar-refractivity contribution in [3.05, 3.63) is 66.0 Å². The second-order valence-electron chi connectivity index (χ2n) is 6.91. The minimum absolute atomic E-state index is 0. The highest BCUT2D eigenvalue weighted by molar-refractivity contribution is 14.0. The summed E-state index contributed by atoms with van der Waals surface area (Å²) in [6, 6.07) is 16.4. The number of halogens is 1. The van der Waals surface area contributed by atoms with E-state index in [1.54, 1.807) is 0 Å². The molecule has 0 bridgehead atoms. The van der Waals surface area contributed by atoms with E-state index in [0.717, 1.165) is 57.3 Å². The van der Waals surface area contributed by atoms with Crippen LogP contribution >= 0.6 is 24.0 Å². The summed E-state index contributed by atoms with van der Waals surface area (Å²) in [4.78, 5) is 11.5. The van der Waals surface area contributed by atoms with Gasteiger partial charge >= 0.3 is 0 Å². The van der Waals surface area contributed by atoms with Gasteiger partial charge in [0.2, 0.25) is 0 Å². The molecule has 6 heteroatoms. The minimum Gasteiger partial charge on any atom is -0.376 e. The molecule has 1 fully saturated rings. The highest BCUT2D eigenvalue weighted by Gasteiger charge is 2.24. The number of aliphatic imine (C=N–C) groups is 1. The second-order valence-corrected chi connectivity index (χ2v) is 6.91. The molecule has 3 rings (SSSR count). The second kappa shape index (κ2) is 12.7. The molecule has 0 amide bonds. The van der Waals surface area contributed by atoms with Crippen LogP contribution in [0.5, 0.6) is 0 Å². The summed E-state index contributed by atoms with van der Waals surface area (Å²) >= 11 is 0. The zero-order valence-electron chi connectivity index (χ0n) is 16.6. The van der Waals surface area contributed by atoms with Crippen molar-refractivity contribution < 1.29 is 4.74 Å². The molecule has 2 aromatic rings. The SMILES string of the molecule is CCNC(=NCCc1ccccn1)N1CCC(COCc2ccccc2)C1.I. The van der Waals surface area contributed by atoms with Crippen LogP contribution in [0.3, 0.4) is 0 Å². The van der Waals surface area contributed by atoms with Crippen LogP contribution in [0.15, 0.2) is 59.7 Å². The summed E-state index contributed by atoms with van der Waals surface area (Å²) < 4.78 is 5.94. The third-order valence-corrected chi connectivity index (χ3v) is 4.74. The van der Waals surface area contributed by atoms with Crippen molar-refractivity contribution in [2.75, 3.05) is 32.8 Å². The number of likely N-dealkylation sites (tertiary alicyclic amines) is 1. The largest absolute Gasteiger partial charge is 0.376 e. The molecule has 5 nitrogen and oxygen atoms in total. The molecule has 1 saturated heterocycles. The van der Waals surface area contributed by atoms with Crippen molar-refractivity contribution >= 4 is 29.9 Å². The molecule has 152 valence electrons. The number of aromatic nitrogens is 1. The highest BCUT2D eigenvalue weighted by atomic mass is 127. The molecule has 0 radical (unpaired) electrons. The maximum Gasteiger partial charge on any atom is 0.193 e. The molecule has 1 N–H and O–H groups in total. The molecule has 1 aliphatic rings. The first-order chi connectivity index (χ1) is 13.3. The first kappa shape index (κ1) is 22.6. The molecule has 1 aliphatic heterocycles. The summed E-state index contributed by atoms with van der Waals surface area (Å²) in [5, 5.41) is 3.43. The fraction of sp³-hybridized carbons (Fsp3) is 0.455. The summed E-state index contributed by atoms with van der Waals surface area (Å²) in [7, 11) is 0. The average molecular weight is 494 g/mol. The monoisotopic (exact) mass is 494 g/mol. The van der Waals surface area contributed by atoms with Gasteiger partial charge in [0.15, 0.2) is 5.96 Å². The van der Waals surface area contributed by atoms with E-state index in [0.29, 0.717) is 12.5 Å². The van der Waals surface area contributed by atoms with Crippen molar-refractivity contribution in [1.82, 2.24) is 15.2 Å². The van der Waals surface area contributed by atoms with Crippen LogP contribution in [0.2, 0.25) is 0 Å². The third-order valence-electron chi connectivity index (χ3n) is 4.74. The zero-order chi connectivity index (χ0) is 18.7. The fourth-order valence-corrected chi connectivity index (χ4v) is 3.33. The zero-order valence-corrected chi connectivity index (χ0v) is 18.9. The molecule has 0 spiro atoms. The minimum atomic E-state index is 0. The maximum atomic E-state index is 5.94. The highest BCUT2D eigenvalue weighted by Crippen LogP contribution is 2.17. The maximum absolute atomic E-state index is 5.94. The number of guanidine groups is 1. The molecule has 0 aliphatic carbocycles. The van der Waals surface area contributed by atoms with Crippen LogP contribution in [0, 0.1) is 5.92 Å². The fourth-order valence-electron chi connectivity index (χ4n) is 3.33. The van der Waals surface area contributed by atoms with Crippen LogP contribution < -0.4 is 5.32 Å². The van der Waals surface area contributed by atoms with Gasteiger partial charge in [-0.05, 0) is 31.0 Å². The van der Waals surface area contributed by atoms with Crippen molar-refractivity contribution in [3.63, 3.8) is 0 Å². The number of hydrogen-bond acceptors (Lipinski definition) is 3. The number of nitrogens with zero attached hydrogens (tertiary/aromatic N) is 3. The Kier molecular flexibility index (Phi) is 10.3. The predicted octanol–water partition coefficient (Wildman–Crippen LogP) is 3.75. The Morgan fingerprint density at radius 1 is 1.21 bits per heavy atom. The van der Waals surface area contributed by atoms with E-state index >= 15 is 0 Å². The van der Waals surface area contributed by atoms with E-state index in [4.69, 9.17) is 9.73 Å². The van der Waals surface area contributed by atoms with Gasteiger partial charge in [0.1, 0.15) is 0 Å². The molecule has 1 unspecified atom stereocenters. The van der Waals surface area contributed by atoms with Gasteiger partial charge in [-0.3, -0.25) is 9.98 Å². The molecule has 2 heterocycles. The molecule has 0 saturated carbocycles. The number of benzene rings is 1. The van der Waals surface area contributed by atoms with Gasteiger partial charge in [-0.25, -0.2) is 0 Å². The summed E-state index contributed by atoms with van der Waals surface area (Å²) in [5.74, 6) is 1.58. The summed E-state index contributed by atoms with van der Waals surface area (Å²) in [6.45, 7) is 7.29. The summed E-state index contributed by atoms with van der Waals surface area (Å²) in [6.07, 6.45) is 3.86. The van der Waals surface area contributed by atoms with Crippen LogP contribution in [0.1, 0.15) is 24.6 Å². The van der Waals surface area contributed by atoms with Gasteiger partial charge in [0.25, 0.3) is 0 Å². The Labute approximate surface area is 185 Å². The molecule has 1 aromatic heterocycles. The van der Waals surface area contributed by atoms with Gasteiger partial charge < -0.3 is 15.0 Å². The van der Waals surface area contributed by atoms with Gasteiger partial charge in [-0.2, -0.15) is 0 Å². The number of pyridine rings is 1. The Bertz CT molecular complexity index is 696. The van der Waals surface area contributed by atoms with Gasteiger partial charge in [-0.15, -0.1) is 24.0 Å². The smallest absolute Gasteiger partial charge is 0.193 e. The lowest BCUT2D eigenvalue weighted by molar-refractivity contribution is 0.0907. The van der Waals surface area contributed by atoms with Crippen LogP contribution in [-0.2, 0) is 17.8 Å². The quantitative estimate of drug-likeness (QED) is 0.345. The molecular formula is C22H31IN4O. The van der Waals surface area contributed by atoms with Crippen LogP contribution in [-0.4, -0.2) is 48.6 Å². The summed E-state index contributed by atoms with van der Waals surface area (Å²) in [5.41, 5.74) is 2.32. The number of hydrogen-bond donors (Lipinski definition) is 1. The lowest BCUT2D eigenvalue weighted by atomic mass is 10.1. The van der Waals surface area contributed by atoms with E-state index in [1.807, 2.05) is 24.4 Å². The Balaban J connectivity index is 0.00000280. The standard InChI is InChI=1S/C22H30N4O.HI/c1-2-23-22(25-14-11-21-10-6-7-13-24-21)26-15-12-20(16-26)18-27-17-19-8-4-3-5-9-19;/h3-10,13,20H,2,11-12,14-18H2,1H3,(H,23,25);1H. The van der Waals surface area contributed by atoms with Crippen molar-refractivity contribution in [3.8, 4) is 0 Å². The first-order valence-electron chi connectivity index (χ1n) is 9.90. The molecule has 1 aromatic carbocycles. The van der Waals surface area contributed by atoms with Crippen molar-refractivity contribution in [1.29, 1.82) is 0 Å². The normalized spacial score (nSPS) is 16.7. The van der Waals surface area contributed by atoms with Gasteiger partial charge in [-0.1, -0.05) is 36.4 Å². The number of nitrogens with one attached hydrogen (secondary N) is 1. The van der Waals surface area contributed by atoms with Crippen molar-refractivity contribution in [2.45, 2.75) is 26.4 Å². The molecule has 1 atom stereocenters. The van der Waals surface area contributed by atoms with E-state index in [2.05, 4.69) is 52.5 Å². The first-order valence-corrected chi connectivity index (χ1v) is 9.90. The van der Waals surface area contributed by atoms with Gasteiger partial charge in [0.05, 0.1) is 13.2 Å². The number of ether oxygens (including phenoxy) is 1. The van der Waals surface area contributed by atoms with E-state index in [9.17, 15) is 0 Å². The third kappa shape index (κ3) is 7.39. The van der Waals surface area contributed by atoms with E-state index in [1.165, 1.54) is 5.56 Å². The van der Waals surface area contributed by atoms with Crippen LogP contribution in [0.25, 0.3) is 0 Å². The Morgan fingerprint density at radius 3 is 2.79 bits per heavy atom. The van der Waals surface area contributed by atoms with E-state index in [-0.39, 0.29) is 24.0 Å².